The van der Waals surface area contributed by atoms with E-state index in [2.05, 4.69) is 114 Å². The molecule has 2 aromatic carbocycles. The minimum Gasteiger partial charge on any atom is -0.0870 e. The van der Waals surface area contributed by atoms with Crippen molar-refractivity contribution in [2.75, 3.05) is 0 Å². The Labute approximate surface area is 165 Å². The molecule has 0 aliphatic rings. The van der Waals surface area contributed by atoms with Gasteiger partial charge in [-0.15, -0.1) is 0 Å². The predicted octanol–water partition coefficient (Wildman–Crippen LogP) is 8.53. The summed E-state index contributed by atoms with van der Waals surface area (Å²) >= 11 is 0. The molecule has 140 valence electrons. The lowest BCUT2D eigenvalue weighted by atomic mass is 9.89. The van der Waals surface area contributed by atoms with Crippen LogP contribution in [0.4, 0.5) is 0 Å². The van der Waals surface area contributed by atoms with Crippen molar-refractivity contribution in [1.29, 1.82) is 0 Å². The third kappa shape index (κ3) is 4.77. The van der Waals surface area contributed by atoms with Crippen LogP contribution in [0.1, 0.15) is 59.1 Å². The van der Waals surface area contributed by atoms with E-state index in [-0.39, 0.29) is 0 Å². The fraction of sp³-hybridized carbons (Fsp3) is 0.259. The molecule has 27 heavy (non-hydrogen) atoms. The Kier molecular flexibility index (Phi) is 7.61. The molecule has 0 bridgehead atoms. The molecule has 0 N–H and O–H groups in total. The van der Waals surface area contributed by atoms with Gasteiger partial charge in [0.2, 0.25) is 0 Å². The number of rotatable bonds is 6. The molecule has 0 aromatic heterocycles. The highest BCUT2D eigenvalue weighted by atomic mass is 14.2. The Morgan fingerprint density at radius 2 is 1.56 bits per heavy atom. The summed E-state index contributed by atoms with van der Waals surface area (Å²) in [6.07, 6.45) is 14.3. The lowest BCUT2D eigenvalue weighted by Gasteiger charge is -2.15. The van der Waals surface area contributed by atoms with E-state index in [1.165, 1.54) is 44.2 Å². The quantitative estimate of drug-likeness (QED) is 0.455. The normalized spacial score (nSPS) is 13.1. The second-order valence-electron chi connectivity index (χ2n) is 6.91. The van der Waals surface area contributed by atoms with Gasteiger partial charge in [-0.2, -0.15) is 0 Å². The van der Waals surface area contributed by atoms with Gasteiger partial charge in [-0.25, -0.2) is 0 Å². The maximum absolute atomic E-state index is 2.27. The molecule has 0 spiro atoms. The molecule has 0 saturated heterocycles. The van der Waals surface area contributed by atoms with Gasteiger partial charge in [0.25, 0.3) is 0 Å². The van der Waals surface area contributed by atoms with E-state index in [9.17, 15) is 0 Å². The van der Waals surface area contributed by atoms with Crippen molar-refractivity contribution < 1.29 is 0 Å². The molecular weight excluding hydrogens is 324 g/mol. The average Bonchev–Trinajstić information content (AvgIpc) is 2.69. The van der Waals surface area contributed by atoms with Crippen molar-refractivity contribution in [2.45, 2.75) is 48.0 Å². The first-order chi connectivity index (χ1) is 13.1. The van der Waals surface area contributed by atoms with E-state index in [4.69, 9.17) is 0 Å². The summed E-state index contributed by atoms with van der Waals surface area (Å²) < 4.78 is 0. The van der Waals surface area contributed by atoms with Crippen molar-refractivity contribution in [2.24, 2.45) is 0 Å². The third-order valence-electron chi connectivity index (χ3n) is 4.95. The zero-order valence-corrected chi connectivity index (χ0v) is 17.6. The van der Waals surface area contributed by atoms with Crippen molar-refractivity contribution in [3.63, 3.8) is 0 Å². The molecule has 0 unspecified atom stereocenters. The average molecular weight is 357 g/mol. The van der Waals surface area contributed by atoms with Gasteiger partial charge in [-0.05, 0) is 74.1 Å². The van der Waals surface area contributed by atoms with Crippen LogP contribution in [-0.2, 0) is 0 Å². The number of hydrogen-bond acceptors (Lipinski definition) is 0. The Bertz CT molecular complexity index is 939. The van der Waals surface area contributed by atoms with Crippen LogP contribution in [0.2, 0.25) is 0 Å². The smallest absolute Gasteiger partial charge is 0.00993 e. The van der Waals surface area contributed by atoms with Crippen LogP contribution in [0, 0.1) is 0 Å². The highest BCUT2D eigenvalue weighted by molar-refractivity contribution is 6.02. The molecule has 0 aliphatic heterocycles. The number of fused-ring (bicyclic) bond motifs is 1. The molecule has 2 rings (SSSR count). The monoisotopic (exact) mass is 356 g/mol. The van der Waals surface area contributed by atoms with Gasteiger partial charge in [0.1, 0.15) is 0 Å². The predicted molar refractivity (Wildman–Crippen MR) is 124 cm³/mol. The van der Waals surface area contributed by atoms with Gasteiger partial charge < -0.3 is 0 Å². The standard InChI is InChI=1S/C27H32/c1-7-13-24(20(5)6)23(10-4)27-19-18-22(17-16-21(8-2)9-3)25-14-11-12-15-26(25)27/h7-8,10-19H,9H2,1-6H3. The van der Waals surface area contributed by atoms with Crippen LogP contribution in [0.3, 0.4) is 0 Å². The van der Waals surface area contributed by atoms with Crippen LogP contribution in [0.5, 0.6) is 0 Å². The van der Waals surface area contributed by atoms with E-state index in [0.29, 0.717) is 0 Å². The largest absolute Gasteiger partial charge is 0.0870 e. The van der Waals surface area contributed by atoms with Crippen molar-refractivity contribution in [3.8, 4) is 0 Å². The first-order valence-corrected chi connectivity index (χ1v) is 9.89. The topological polar surface area (TPSA) is 0 Å². The minimum atomic E-state index is 1.05. The summed E-state index contributed by atoms with van der Waals surface area (Å²) in [6, 6.07) is 13.2. The summed E-state index contributed by atoms with van der Waals surface area (Å²) in [5.74, 6) is 0. The molecule has 0 atom stereocenters. The van der Waals surface area contributed by atoms with Crippen molar-refractivity contribution in [3.05, 3.63) is 94.6 Å². The Balaban J connectivity index is 2.68. The second kappa shape index (κ2) is 9.92. The van der Waals surface area contributed by atoms with Crippen LogP contribution in [-0.4, -0.2) is 0 Å². The number of hydrogen-bond donors (Lipinski definition) is 0. The zero-order valence-electron chi connectivity index (χ0n) is 17.6. The Morgan fingerprint density at radius 1 is 0.852 bits per heavy atom. The summed E-state index contributed by atoms with van der Waals surface area (Å²) in [5.41, 5.74) is 7.84. The zero-order chi connectivity index (χ0) is 19.8. The molecule has 0 radical (unpaired) electrons. The van der Waals surface area contributed by atoms with Gasteiger partial charge in [0, 0.05) is 0 Å². The van der Waals surface area contributed by atoms with E-state index in [0.717, 1.165) is 6.42 Å². The van der Waals surface area contributed by atoms with Crippen molar-refractivity contribution in [1.82, 2.24) is 0 Å². The van der Waals surface area contributed by atoms with E-state index >= 15 is 0 Å². The number of allylic oxidation sites excluding steroid dienone is 9. The van der Waals surface area contributed by atoms with Crippen molar-refractivity contribution >= 4 is 22.4 Å². The Hall–Kier alpha value is -2.60. The second-order valence-corrected chi connectivity index (χ2v) is 6.91. The summed E-state index contributed by atoms with van der Waals surface area (Å²) in [6.45, 7) is 12.9. The van der Waals surface area contributed by atoms with Gasteiger partial charge in [0.05, 0.1) is 0 Å². The van der Waals surface area contributed by atoms with Gasteiger partial charge in [0.15, 0.2) is 0 Å². The molecule has 0 fully saturated rings. The van der Waals surface area contributed by atoms with Crippen LogP contribution in [0.15, 0.2) is 83.5 Å². The molecule has 0 aliphatic carbocycles. The summed E-state index contributed by atoms with van der Waals surface area (Å²) in [4.78, 5) is 0. The molecule has 2 aromatic rings. The lowest BCUT2D eigenvalue weighted by Crippen LogP contribution is -1.93. The van der Waals surface area contributed by atoms with E-state index in [1.54, 1.807) is 0 Å². The Morgan fingerprint density at radius 3 is 2.11 bits per heavy atom. The maximum atomic E-state index is 2.27. The first-order valence-electron chi connectivity index (χ1n) is 9.89. The van der Waals surface area contributed by atoms with Gasteiger partial charge in [-0.1, -0.05) is 90.9 Å². The lowest BCUT2D eigenvalue weighted by molar-refractivity contribution is 1.14. The van der Waals surface area contributed by atoms with Gasteiger partial charge >= 0.3 is 0 Å². The highest BCUT2D eigenvalue weighted by Gasteiger charge is 2.11. The van der Waals surface area contributed by atoms with Crippen LogP contribution in [0.25, 0.3) is 22.4 Å². The SMILES string of the molecule is CC=CC(C(=CC)c1ccc(C=CC(=CC)CC)c2ccccc12)=C(C)C. The molecule has 0 heterocycles. The maximum Gasteiger partial charge on any atom is -0.00993 e. The molecule has 0 nitrogen and oxygen atoms in total. The van der Waals surface area contributed by atoms with Gasteiger partial charge in [-0.3, -0.25) is 0 Å². The third-order valence-corrected chi connectivity index (χ3v) is 4.95. The van der Waals surface area contributed by atoms with Crippen LogP contribution >= 0.6 is 0 Å². The fourth-order valence-electron chi connectivity index (χ4n) is 3.47. The van der Waals surface area contributed by atoms with E-state index < -0.39 is 0 Å². The molecule has 0 heteroatoms. The van der Waals surface area contributed by atoms with Crippen LogP contribution < -0.4 is 0 Å². The molecular formula is C27H32. The summed E-state index contributed by atoms with van der Waals surface area (Å²) in [7, 11) is 0. The molecule has 0 saturated carbocycles. The number of benzene rings is 2. The minimum absolute atomic E-state index is 1.05. The molecule has 0 amide bonds. The van der Waals surface area contributed by atoms with E-state index in [1.807, 2.05) is 0 Å². The highest BCUT2D eigenvalue weighted by Crippen LogP contribution is 2.34. The fourth-order valence-corrected chi connectivity index (χ4v) is 3.47. The summed E-state index contributed by atoms with van der Waals surface area (Å²) in [5, 5.41) is 2.60. The first kappa shape index (κ1) is 20.7.